The Kier molecular flexibility index (Phi) is 4.85. The number of hydrogen-bond acceptors (Lipinski definition) is 4. The van der Waals surface area contributed by atoms with Crippen LogP contribution in [0.15, 0.2) is 36.5 Å². The van der Waals surface area contributed by atoms with Crippen molar-refractivity contribution in [3.8, 4) is 6.07 Å². The summed E-state index contributed by atoms with van der Waals surface area (Å²) in [6.45, 7) is 3.90. The zero-order valence-corrected chi connectivity index (χ0v) is 14.3. The van der Waals surface area contributed by atoms with E-state index in [2.05, 4.69) is 27.0 Å². The van der Waals surface area contributed by atoms with E-state index in [1.54, 1.807) is 6.20 Å². The van der Waals surface area contributed by atoms with Gasteiger partial charge in [-0.2, -0.15) is 5.26 Å². The van der Waals surface area contributed by atoms with Crippen molar-refractivity contribution >= 4 is 17.5 Å². The Morgan fingerprint density at radius 2 is 2.00 bits per heavy atom. The number of hydrogen-bond donors (Lipinski definition) is 3. The van der Waals surface area contributed by atoms with Crippen molar-refractivity contribution in [3.05, 3.63) is 53.2 Å². The number of rotatable bonds is 5. The maximum atomic E-state index is 11.8. The Labute approximate surface area is 147 Å². The first-order chi connectivity index (χ1) is 12.1. The van der Waals surface area contributed by atoms with Crippen LogP contribution in [-0.2, 0) is 0 Å². The minimum atomic E-state index is -0.163. The van der Waals surface area contributed by atoms with E-state index in [1.807, 2.05) is 44.2 Å². The van der Waals surface area contributed by atoms with Crippen molar-refractivity contribution in [1.82, 2.24) is 10.3 Å². The van der Waals surface area contributed by atoms with Crippen molar-refractivity contribution in [2.45, 2.75) is 38.8 Å². The zero-order valence-electron chi connectivity index (χ0n) is 14.3. The molecule has 1 aromatic heterocycles. The standard InChI is InChI=1S/C19H21N5O/c1-12-9-10-21-18(17(12)11-20)22-13(2)14-3-5-15(6-4-14)23-19(25)24-16-7-8-16/h3-6,9-10,13,16H,7-8H2,1-2H3,(H,21,22)(H2,23,24,25). The molecule has 3 rings (SSSR count). The second-order valence-corrected chi connectivity index (χ2v) is 6.32. The van der Waals surface area contributed by atoms with Gasteiger partial charge in [0, 0.05) is 24.0 Å². The molecular weight excluding hydrogens is 314 g/mol. The average Bonchev–Trinajstić information content (AvgIpc) is 3.39. The first-order valence-electron chi connectivity index (χ1n) is 8.36. The van der Waals surface area contributed by atoms with Crippen molar-refractivity contribution in [1.29, 1.82) is 5.26 Å². The molecule has 1 saturated carbocycles. The molecule has 2 amide bonds. The lowest BCUT2D eigenvalue weighted by Gasteiger charge is -2.17. The molecule has 6 heteroatoms. The minimum Gasteiger partial charge on any atom is -0.362 e. The van der Waals surface area contributed by atoms with Gasteiger partial charge in [-0.3, -0.25) is 0 Å². The molecule has 1 atom stereocenters. The van der Waals surface area contributed by atoms with E-state index in [-0.39, 0.29) is 12.1 Å². The molecule has 1 heterocycles. The van der Waals surface area contributed by atoms with Gasteiger partial charge in [0.2, 0.25) is 0 Å². The lowest BCUT2D eigenvalue weighted by Crippen LogP contribution is -2.30. The number of nitriles is 1. The van der Waals surface area contributed by atoms with Gasteiger partial charge in [-0.15, -0.1) is 0 Å². The molecule has 1 fully saturated rings. The molecule has 0 bridgehead atoms. The van der Waals surface area contributed by atoms with Gasteiger partial charge in [-0.05, 0) is 56.0 Å². The number of benzene rings is 1. The SMILES string of the molecule is Cc1ccnc(NC(C)c2ccc(NC(=O)NC3CC3)cc2)c1C#N. The molecule has 1 unspecified atom stereocenters. The number of carbonyl (C=O) groups excluding carboxylic acids is 1. The molecule has 1 aromatic carbocycles. The van der Waals surface area contributed by atoms with Gasteiger partial charge in [-0.1, -0.05) is 12.1 Å². The van der Waals surface area contributed by atoms with Crippen LogP contribution in [0.25, 0.3) is 0 Å². The van der Waals surface area contributed by atoms with Gasteiger partial charge >= 0.3 is 6.03 Å². The fourth-order valence-electron chi connectivity index (χ4n) is 2.53. The van der Waals surface area contributed by atoms with Crippen molar-refractivity contribution in [2.75, 3.05) is 10.6 Å². The predicted octanol–water partition coefficient (Wildman–Crippen LogP) is 3.72. The normalized spacial score (nSPS) is 14.3. The highest BCUT2D eigenvalue weighted by molar-refractivity contribution is 5.89. The molecule has 25 heavy (non-hydrogen) atoms. The number of aromatic nitrogens is 1. The summed E-state index contributed by atoms with van der Waals surface area (Å²) in [6, 6.07) is 11.8. The lowest BCUT2D eigenvalue weighted by atomic mass is 10.1. The molecule has 3 N–H and O–H groups in total. The van der Waals surface area contributed by atoms with Crippen LogP contribution in [0.5, 0.6) is 0 Å². The van der Waals surface area contributed by atoms with E-state index in [4.69, 9.17) is 0 Å². The number of pyridine rings is 1. The molecule has 1 aliphatic carbocycles. The molecule has 1 aliphatic rings. The van der Waals surface area contributed by atoms with Gasteiger partial charge in [0.15, 0.2) is 0 Å². The molecule has 0 radical (unpaired) electrons. The molecule has 6 nitrogen and oxygen atoms in total. The Morgan fingerprint density at radius 1 is 1.28 bits per heavy atom. The molecule has 0 saturated heterocycles. The van der Waals surface area contributed by atoms with Crippen molar-refractivity contribution in [3.63, 3.8) is 0 Å². The van der Waals surface area contributed by atoms with Crippen molar-refractivity contribution in [2.24, 2.45) is 0 Å². The lowest BCUT2D eigenvalue weighted by molar-refractivity contribution is 0.251. The third kappa shape index (κ3) is 4.27. The van der Waals surface area contributed by atoms with Crippen LogP contribution >= 0.6 is 0 Å². The van der Waals surface area contributed by atoms with E-state index in [0.29, 0.717) is 17.4 Å². The van der Waals surface area contributed by atoms with Crippen molar-refractivity contribution < 1.29 is 4.79 Å². The summed E-state index contributed by atoms with van der Waals surface area (Å²) in [5.41, 5.74) is 3.25. The van der Waals surface area contributed by atoms with E-state index in [1.165, 1.54) is 0 Å². The number of anilines is 2. The monoisotopic (exact) mass is 335 g/mol. The summed E-state index contributed by atoms with van der Waals surface area (Å²) < 4.78 is 0. The van der Waals surface area contributed by atoms with E-state index in [9.17, 15) is 10.1 Å². The van der Waals surface area contributed by atoms with Crippen LogP contribution in [0.4, 0.5) is 16.3 Å². The Bertz CT molecular complexity index is 806. The maximum Gasteiger partial charge on any atom is 0.319 e. The molecule has 2 aromatic rings. The molecule has 128 valence electrons. The molecule has 0 spiro atoms. The van der Waals surface area contributed by atoms with Crippen LogP contribution in [0.2, 0.25) is 0 Å². The van der Waals surface area contributed by atoms with Crippen LogP contribution in [0.1, 0.15) is 42.5 Å². The number of carbonyl (C=O) groups is 1. The second-order valence-electron chi connectivity index (χ2n) is 6.32. The number of nitrogens with one attached hydrogen (secondary N) is 3. The Balaban J connectivity index is 1.64. The van der Waals surface area contributed by atoms with Crippen LogP contribution < -0.4 is 16.0 Å². The van der Waals surface area contributed by atoms with E-state index in [0.717, 1.165) is 29.7 Å². The van der Waals surface area contributed by atoms with E-state index < -0.39 is 0 Å². The maximum absolute atomic E-state index is 11.8. The fourth-order valence-corrected chi connectivity index (χ4v) is 2.53. The Morgan fingerprint density at radius 3 is 2.64 bits per heavy atom. The summed E-state index contributed by atoms with van der Waals surface area (Å²) >= 11 is 0. The quantitative estimate of drug-likeness (QED) is 0.777. The highest BCUT2D eigenvalue weighted by atomic mass is 16.2. The van der Waals surface area contributed by atoms with Gasteiger partial charge in [-0.25, -0.2) is 9.78 Å². The summed E-state index contributed by atoms with van der Waals surface area (Å²) in [6.07, 6.45) is 3.82. The number of urea groups is 1. The molecular formula is C19H21N5O. The molecule has 0 aliphatic heterocycles. The first kappa shape index (κ1) is 16.8. The largest absolute Gasteiger partial charge is 0.362 e. The van der Waals surface area contributed by atoms with E-state index >= 15 is 0 Å². The highest BCUT2D eigenvalue weighted by Gasteiger charge is 2.23. The zero-order chi connectivity index (χ0) is 17.8. The second kappa shape index (κ2) is 7.22. The van der Waals surface area contributed by atoms with Gasteiger partial charge < -0.3 is 16.0 Å². The topological polar surface area (TPSA) is 89.8 Å². The minimum absolute atomic E-state index is 0.0178. The summed E-state index contributed by atoms with van der Waals surface area (Å²) in [5.74, 6) is 0.584. The fraction of sp³-hybridized carbons (Fsp3) is 0.316. The van der Waals surface area contributed by atoms with Gasteiger partial charge in [0.05, 0.1) is 5.56 Å². The smallest absolute Gasteiger partial charge is 0.319 e. The third-order valence-electron chi connectivity index (χ3n) is 4.21. The number of amides is 2. The summed E-state index contributed by atoms with van der Waals surface area (Å²) in [7, 11) is 0. The summed E-state index contributed by atoms with van der Waals surface area (Å²) in [4.78, 5) is 16.0. The number of nitrogens with zero attached hydrogens (tertiary/aromatic N) is 2. The van der Waals surface area contributed by atoms with Gasteiger partial charge in [0.1, 0.15) is 11.9 Å². The van der Waals surface area contributed by atoms with Crippen LogP contribution in [0, 0.1) is 18.3 Å². The third-order valence-corrected chi connectivity index (χ3v) is 4.21. The summed E-state index contributed by atoms with van der Waals surface area (Å²) in [5, 5.41) is 18.3. The average molecular weight is 335 g/mol. The Hall–Kier alpha value is -3.07. The predicted molar refractivity (Wildman–Crippen MR) is 97.3 cm³/mol. The highest BCUT2D eigenvalue weighted by Crippen LogP contribution is 2.23. The van der Waals surface area contributed by atoms with Crippen LogP contribution in [0.3, 0.4) is 0 Å². The first-order valence-corrected chi connectivity index (χ1v) is 8.36. The van der Waals surface area contributed by atoms with Gasteiger partial charge in [0.25, 0.3) is 0 Å². The number of aryl methyl sites for hydroxylation is 1. The van der Waals surface area contributed by atoms with Crippen LogP contribution in [-0.4, -0.2) is 17.1 Å².